The summed E-state index contributed by atoms with van der Waals surface area (Å²) in [4.78, 5) is 0. The molecule has 0 aliphatic carbocycles. The van der Waals surface area contributed by atoms with E-state index in [-0.39, 0.29) is 6.04 Å². The van der Waals surface area contributed by atoms with E-state index in [1.807, 2.05) is 11.8 Å². The maximum atomic E-state index is 5.07. The molecule has 1 aliphatic rings. The van der Waals surface area contributed by atoms with E-state index in [0.29, 0.717) is 5.89 Å². The van der Waals surface area contributed by atoms with Gasteiger partial charge in [0, 0.05) is 18.1 Å². The molecule has 60 valence electrons. The zero-order valence-electron chi connectivity index (χ0n) is 5.99. The fraction of sp³-hybridized carbons (Fsp3) is 0.667. The zero-order valence-corrected chi connectivity index (χ0v) is 6.80. The lowest BCUT2D eigenvalue weighted by molar-refractivity contribution is 0.422. The standard InChI is InChI=1S/C6H9N3OS/c1-2-11-3-5(7-1)6-9-8-4-10-6/h4-5,7H,1-3H2. The molecule has 5 heteroatoms. The van der Waals surface area contributed by atoms with Crippen LogP contribution in [0.15, 0.2) is 10.8 Å². The molecule has 1 aliphatic heterocycles. The number of nitrogens with one attached hydrogen (secondary N) is 1. The molecule has 1 saturated heterocycles. The normalized spacial score (nSPS) is 25.3. The monoisotopic (exact) mass is 171 g/mol. The summed E-state index contributed by atoms with van der Waals surface area (Å²) in [6, 6.07) is 0.260. The van der Waals surface area contributed by atoms with Gasteiger partial charge in [-0.1, -0.05) is 0 Å². The van der Waals surface area contributed by atoms with Gasteiger partial charge in [-0.25, -0.2) is 0 Å². The van der Waals surface area contributed by atoms with E-state index in [0.717, 1.165) is 12.3 Å². The lowest BCUT2D eigenvalue weighted by Gasteiger charge is -2.19. The average molecular weight is 171 g/mol. The van der Waals surface area contributed by atoms with Crippen LogP contribution >= 0.6 is 11.8 Å². The maximum absolute atomic E-state index is 5.07. The zero-order chi connectivity index (χ0) is 7.52. The number of hydrogen-bond donors (Lipinski definition) is 1. The average Bonchev–Trinajstić information content (AvgIpc) is 2.58. The second kappa shape index (κ2) is 3.23. The summed E-state index contributed by atoms with van der Waals surface area (Å²) >= 11 is 1.91. The predicted octanol–water partition coefficient (Wildman–Crippen LogP) is 0.447. The van der Waals surface area contributed by atoms with Crippen molar-refractivity contribution in [1.29, 1.82) is 0 Å². The van der Waals surface area contributed by atoms with E-state index < -0.39 is 0 Å². The highest BCUT2D eigenvalue weighted by Gasteiger charge is 2.18. The highest BCUT2D eigenvalue weighted by atomic mass is 32.2. The minimum atomic E-state index is 0.260. The molecule has 0 spiro atoms. The minimum Gasteiger partial charge on any atom is -0.426 e. The van der Waals surface area contributed by atoms with Crippen molar-refractivity contribution in [2.75, 3.05) is 18.1 Å². The Morgan fingerprint density at radius 3 is 3.36 bits per heavy atom. The first-order valence-electron chi connectivity index (χ1n) is 3.54. The SMILES string of the molecule is c1nnc(C2CSCCN2)o1. The van der Waals surface area contributed by atoms with Crippen LogP contribution in [-0.4, -0.2) is 28.2 Å². The van der Waals surface area contributed by atoms with E-state index in [2.05, 4.69) is 15.5 Å². The van der Waals surface area contributed by atoms with E-state index in [9.17, 15) is 0 Å². The van der Waals surface area contributed by atoms with E-state index in [1.165, 1.54) is 12.1 Å². The molecule has 1 N–H and O–H groups in total. The summed E-state index contributed by atoms with van der Waals surface area (Å²) < 4.78 is 5.07. The molecule has 0 bridgehead atoms. The lowest BCUT2D eigenvalue weighted by atomic mass is 10.3. The molecule has 0 radical (unpaired) electrons. The van der Waals surface area contributed by atoms with Gasteiger partial charge in [0.1, 0.15) is 0 Å². The second-order valence-corrected chi connectivity index (χ2v) is 3.51. The summed E-state index contributed by atoms with van der Waals surface area (Å²) in [6.45, 7) is 1.03. The van der Waals surface area contributed by atoms with Crippen molar-refractivity contribution in [3.05, 3.63) is 12.3 Å². The number of thioether (sulfide) groups is 1. The Morgan fingerprint density at radius 2 is 2.73 bits per heavy atom. The van der Waals surface area contributed by atoms with Crippen LogP contribution in [0.2, 0.25) is 0 Å². The Balaban J connectivity index is 2.04. The minimum absolute atomic E-state index is 0.260. The van der Waals surface area contributed by atoms with E-state index >= 15 is 0 Å². The first kappa shape index (κ1) is 7.12. The molecule has 1 aromatic heterocycles. The Hall–Kier alpha value is -0.550. The van der Waals surface area contributed by atoms with E-state index in [1.54, 1.807) is 0 Å². The third-order valence-corrected chi connectivity index (χ3v) is 2.66. The van der Waals surface area contributed by atoms with Crippen LogP contribution in [0.5, 0.6) is 0 Å². The number of nitrogens with zero attached hydrogens (tertiary/aromatic N) is 2. The molecule has 0 amide bonds. The van der Waals surface area contributed by atoms with Crippen LogP contribution < -0.4 is 5.32 Å². The molecule has 0 aromatic carbocycles. The van der Waals surface area contributed by atoms with Crippen molar-refractivity contribution in [3.63, 3.8) is 0 Å². The van der Waals surface area contributed by atoms with Crippen LogP contribution in [-0.2, 0) is 0 Å². The van der Waals surface area contributed by atoms with Crippen molar-refractivity contribution in [2.45, 2.75) is 6.04 Å². The van der Waals surface area contributed by atoms with Crippen molar-refractivity contribution in [1.82, 2.24) is 15.5 Å². The molecule has 1 aromatic rings. The quantitative estimate of drug-likeness (QED) is 0.664. The molecule has 0 saturated carbocycles. The molecule has 2 heterocycles. The van der Waals surface area contributed by atoms with Crippen LogP contribution in [0, 0.1) is 0 Å². The molecule has 2 rings (SSSR count). The maximum Gasteiger partial charge on any atom is 0.233 e. The van der Waals surface area contributed by atoms with Gasteiger partial charge in [-0.3, -0.25) is 0 Å². The molecule has 1 unspecified atom stereocenters. The summed E-state index contributed by atoms with van der Waals surface area (Å²) in [5.41, 5.74) is 0. The third-order valence-electron chi connectivity index (χ3n) is 1.60. The van der Waals surface area contributed by atoms with Gasteiger partial charge in [0.25, 0.3) is 0 Å². The van der Waals surface area contributed by atoms with Gasteiger partial charge >= 0.3 is 0 Å². The van der Waals surface area contributed by atoms with Crippen LogP contribution in [0.3, 0.4) is 0 Å². The Bertz CT molecular complexity index is 208. The highest BCUT2D eigenvalue weighted by molar-refractivity contribution is 7.99. The topological polar surface area (TPSA) is 51.0 Å². The highest BCUT2D eigenvalue weighted by Crippen LogP contribution is 2.19. The van der Waals surface area contributed by atoms with Gasteiger partial charge in [-0.05, 0) is 0 Å². The van der Waals surface area contributed by atoms with Crippen LogP contribution in [0.1, 0.15) is 11.9 Å². The van der Waals surface area contributed by atoms with Crippen molar-refractivity contribution < 1.29 is 4.42 Å². The molecule has 11 heavy (non-hydrogen) atoms. The summed E-state index contributed by atoms with van der Waals surface area (Å²) in [5, 5.41) is 10.8. The van der Waals surface area contributed by atoms with Crippen LogP contribution in [0.4, 0.5) is 0 Å². The first-order valence-corrected chi connectivity index (χ1v) is 4.69. The van der Waals surface area contributed by atoms with Gasteiger partial charge in [-0.2, -0.15) is 11.8 Å². The van der Waals surface area contributed by atoms with Crippen LogP contribution in [0.25, 0.3) is 0 Å². The fourth-order valence-corrected chi connectivity index (χ4v) is 1.98. The first-order chi connectivity index (χ1) is 5.47. The van der Waals surface area contributed by atoms with Gasteiger partial charge in [0.05, 0.1) is 6.04 Å². The summed E-state index contributed by atoms with van der Waals surface area (Å²) in [6.07, 6.45) is 1.37. The molecule has 1 atom stereocenters. The Morgan fingerprint density at radius 1 is 1.73 bits per heavy atom. The second-order valence-electron chi connectivity index (χ2n) is 2.36. The van der Waals surface area contributed by atoms with Gasteiger partial charge in [0.15, 0.2) is 0 Å². The van der Waals surface area contributed by atoms with E-state index in [4.69, 9.17) is 4.42 Å². The lowest BCUT2D eigenvalue weighted by Crippen LogP contribution is -2.30. The van der Waals surface area contributed by atoms with Crippen molar-refractivity contribution in [2.24, 2.45) is 0 Å². The Kier molecular flexibility index (Phi) is 2.09. The van der Waals surface area contributed by atoms with Gasteiger partial charge in [0.2, 0.25) is 12.3 Å². The van der Waals surface area contributed by atoms with Crippen molar-refractivity contribution >= 4 is 11.8 Å². The molecule has 1 fully saturated rings. The predicted molar refractivity (Wildman–Crippen MR) is 42.4 cm³/mol. The smallest absolute Gasteiger partial charge is 0.233 e. The Labute approximate surface area is 68.8 Å². The number of rotatable bonds is 1. The largest absolute Gasteiger partial charge is 0.426 e. The van der Waals surface area contributed by atoms with Gasteiger partial charge < -0.3 is 9.73 Å². The number of aromatic nitrogens is 2. The summed E-state index contributed by atoms with van der Waals surface area (Å²) in [7, 11) is 0. The van der Waals surface area contributed by atoms with Crippen molar-refractivity contribution in [3.8, 4) is 0 Å². The van der Waals surface area contributed by atoms with Gasteiger partial charge in [-0.15, -0.1) is 10.2 Å². The third kappa shape index (κ3) is 1.54. The molecular formula is C6H9N3OS. The summed E-state index contributed by atoms with van der Waals surface area (Å²) in [5.74, 6) is 2.91. The fourth-order valence-electron chi connectivity index (χ4n) is 1.06. The molecular weight excluding hydrogens is 162 g/mol. The number of hydrogen-bond acceptors (Lipinski definition) is 5. The molecule has 4 nitrogen and oxygen atoms in total.